The smallest absolute Gasteiger partial charge is 0.235 e. The fourth-order valence-electron chi connectivity index (χ4n) is 2.22. The minimum atomic E-state index is 0. The van der Waals surface area contributed by atoms with Crippen LogP contribution in [-0.2, 0) is 0 Å². The van der Waals surface area contributed by atoms with E-state index < -0.39 is 0 Å². The van der Waals surface area contributed by atoms with Gasteiger partial charge in [-0.2, -0.15) is 0 Å². The van der Waals surface area contributed by atoms with Crippen molar-refractivity contribution in [3.8, 4) is 0 Å². The van der Waals surface area contributed by atoms with Gasteiger partial charge in [0.05, 0.1) is 11.4 Å². The first-order chi connectivity index (χ1) is 9.54. The molecule has 0 saturated heterocycles. The normalized spacial score (nSPS) is 11.6. The number of nitrogens with one attached hydrogen (secondary N) is 1. The van der Waals surface area contributed by atoms with Crippen molar-refractivity contribution < 1.29 is 24.0 Å². The molecule has 0 aromatic heterocycles. The molecule has 0 radical (unpaired) electrons. The Balaban J connectivity index is 0.00000161. The number of benzene rings is 2. The Hall–Kier alpha value is -1.08. The Morgan fingerprint density at radius 3 is 1.57 bits per heavy atom. The second-order valence-electron chi connectivity index (χ2n) is 5.38. The summed E-state index contributed by atoms with van der Waals surface area (Å²) in [4.78, 5) is 6.82. The van der Waals surface area contributed by atoms with Crippen molar-refractivity contribution in [3.05, 3.63) is 36.4 Å². The van der Waals surface area contributed by atoms with Crippen molar-refractivity contribution >= 4 is 34.5 Å². The van der Waals surface area contributed by atoms with E-state index in [1.807, 2.05) is 11.8 Å². The van der Waals surface area contributed by atoms with E-state index in [1.165, 1.54) is 32.5 Å². The van der Waals surface area contributed by atoms with E-state index in [0.717, 1.165) is 0 Å². The van der Waals surface area contributed by atoms with E-state index in [1.54, 1.807) is 0 Å². The third-order valence-electron chi connectivity index (χ3n) is 3.45. The molecule has 0 fully saturated rings. The molecule has 5 heteroatoms. The molecule has 1 aliphatic heterocycles. The maximum atomic E-state index is 3.51. The van der Waals surface area contributed by atoms with Gasteiger partial charge in [-0.05, 0) is 36.4 Å². The molecule has 2 aromatic carbocycles. The zero-order valence-corrected chi connectivity index (χ0v) is 16.1. The lowest BCUT2D eigenvalue weighted by atomic mass is 10.2. The first kappa shape index (κ1) is 16.3. The average molecular weight is 414 g/mol. The fourth-order valence-corrected chi connectivity index (χ4v) is 3.27. The van der Waals surface area contributed by atoms with E-state index in [0.29, 0.717) is 0 Å². The Labute approximate surface area is 147 Å². The van der Waals surface area contributed by atoms with Gasteiger partial charge in [0.1, 0.15) is 0 Å². The van der Waals surface area contributed by atoms with Gasteiger partial charge in [0.2, 0.25) is 24.0 Å². The average Bonchev–Trinajstić information content (AvgIpc) is 2.43. The van der Waals surface area contributed by atoms with Crippen LogP contribution in [0.1, 0.15) is 0 Å². The molecule has 1 N–H and O–H groups in total. The van der Waals surface area contributed by atoms with Gasteiger partial charge in [-0.15, -0.1) is 0 Å². The van der Waals surface area contributed by atoms with E-state index >= 15 is 0 Å². The summed E-state index contributed by atoms with van der Waals surface area (Å²) < 4.78 is 0. The van der Waals surface area contributed by atoms with Crippen LogP contribution < -0.4 is 39.1 Å². The molecule has 0 spiro atoms. The number of hydrogen-bond acceptors (Lipinski definition) is 4. The van der Waals surface area contributed by atoms with Crippen molar-refractivity contribution in [1.29, 1.82) is 0 Å². The topological polar surface area (TPSA) is 18.5 Å². The molecule has 3 nitrogen and oxygen atoms in total. The van der Waals surface area contributed by atoms with E-state index in [9.17, 15) is 0 Å². The van der Waals surface area contributed by atoms with Gasteiger partial charge in [0.25, 0.3) is 0 Å². The number of nitrogens with zero attached hydrogens (tertiary/aromatic N) is 2. The second kappa shape index (κ2) is 6.36. The van der Waals surface area contributed by atoms with Crippen molar-refractivity contribution in [2.75, 3.05) is 43.3 Å². The van der Waals surface area contributed by atoms with Gasteiger partial charge >= 0.3 is 0 Å². The number of fused-ring (bicyclic) bond motifs is 2. The van der Waals surface area contributed by atoms with E-state index in [2.05, 4.69) is 79.7 Å². The first-order valence-corrected chi connectivity index (χ1v) is 7.44. The van der Waals surface area contributed by atoms with Gasteiger partial charge in [0, 0.05) is 49.4 Å². The number of rotatable bonds is 2. The minimum absolute atomic E-state index is 0. The molecule has 1 aliphatic rings. The number of hydrogen-bond donors (Lipinski definition) is 1. The van der Waals surface area contributed by atoms with Gasteiger partial charge < -0.3 is 15.1 Å². The number of halogens is 1. The minimum Gasteiger partial charge on any atom is -0.378 e. The standard InChI is InChI=1S/C16H19N3S.H2I/c1-18(2)11-5-7-13-15(9-11)20-16-10-12(19(3)4)6-8-14(16)17-13;/h5-10,17H,1-4H3;1H2/q;+1. The number of anilines is 4. The van der Waals surface area contributed by atoms with Crippen LogP contribution in [0.4, 0.5) is 22.7 Å². The Morgan fingerprint density at radius 1 is 0.762 bits per heavy atom. The zero-order chi connectivity index (χ0) is 14.3. The maximum absolute atomic E-state index is 3.51. The van der Waals surface area contributed by atoms with E-state index in [-0.39, 0.29) is 24.0 Å². The lowest BCUT2D eigenvalue weighted by Crippen LogP contribution is -3.00. The Bertz CT molecular complexity index is 600. The van der Waals surface area contributed by atoms with Gasteiger partial charge in [-0.1, -0.05) is 11.8 Å². The van der Waals surface area contributed by atoms with Gasteiger partial charge in [0.15, 0.2) is 0 Å². The second-order valence-corrected chi connectivity index (χ2v) is 6.46. The summed E-state index contributed by atoms with van der Waals surface area (Å²) in [5.41, 5.74) is 4.83. The lowest BCUT2D eigenvalue weighted by molar-refractivity contribution is -0.00000407. The SMILES string of the molecule is CN(C)c1ccc2c(c1)Sc1cc(N(C)C)ccc1N2.[IH2+]. The van der Waals surface area contributed by atoms with Crippen molar-refractivity contribution in [2.24, 2.45) is 0 Å². The molecule has 0 aliphatic carbocycles. The highest BCUT2D eigenvalue weighted by Crippen LogP contribution is 2.46. The molecule has 112 valence electrons. The van der Waals surface area contributed by atoms with Crippen molar-refractivity contribution in [2.45, 2.75) is 9.79 Å². The Kier molecular flexibility index (Phi) is 4.93. The van der Waals surface area contributed by atoms with Crippen molar-refractivity contribution in [3.63, 3.8) is 0 Å². The van der Waals surface area contributed by atoms with Crippen molar-refractivity contribution in [1.82, 2.24) is 0 Å². The van der Waals surface area contributed by atoms with Crippen LogP contribution in [0, 0.1) is 0 Å². The predicted octanol–water partition coefficient (Wildman–Crippen LogP) is 0.495. The molecule has 21 heavy (non-hydrogen) atoms. The highest BCUT2D eigenvalue weighted by Gasteiger charge is 2.17. The van der Waals surface area contributed by atoms with Gasteiger partial charge in [-0.25, -0.2) is 0 Å². The molecule has 0 unspecified atom stereocenters. The van der Waals surface area contributed by atoms with Crippen LogP contribution in [0.15, 0.2) is 46.2 Å². The molecule has 0 amide bonds. The lowest BCUT2D eigenvalue weighted by Gasteiger charge is -2.24. The predicted molar refractivity (Wildman–Crippen MR) is 91.7 cm³/mol. The summed E-state index contributed by atoms with van der Waals surface area (Å²) in [5, 5.41) is 3.51. The monoisotopic (exact) mass is 414 g/mol. The van der Waals surface area contributed by atoms with Crippen LogP contribution in [-0.4, -0.2) is 28.2 Å². The summed E-state index contributed by atoms with van der Waals surface area (Å²) in [6.07, 6.45) is 0. The van der Waals surface area contributed by atoms with E-state index in [4.69, 9.17) is 0 Å². The molecule has 0 bridgehead atoms. The maximum Gasteiger partial charge on any atom is 0.235 e. The third-order valence-corrected chi connectivity index (χ3v) is 4.57. The largest absolute Gasteiger partial charge is 0.378 e. The Morgan fingerprint density at radius 2 is 1.19 bits per heavy atom. The molecular weight excluding hydrogens is 393 g/mol. The van der Waals surface area contributed by atoms with Gasteiger partial charge in [-0.3, -0.25) is 0 Å². The van der Waals surface area contributed by atoms with Crippen LogP contribution >= 0.6 is 11.8 Å². The quantitative estimate of drug-likeness (QED) is 0.616. The van der Waals surface area contributed by atoms with Crippen LogP contribution in [0.25, 0.3) is 0 Å². The van der Waals surface area contributed by atoms with Crippen LogP contribution in [0.2, 0.25) is 0 Å². The molecule has 3 rings (SSSR count). The first-order valence-electron chi connectivity index (χ1n) is 6.62. The molecule has 0 atom stereocenters. The summed E-state index contributed by atoms with van der Waals surface area (Å²) >= 11 is 1.83. The molecule has 0 saturated carbocycles. The van der Waals surface area contributed by atoms with Crippen LogP contribution in [0.5, 0.6) is 0 Å². The highest BCUT2D eigenvalue weighted by atomic mass is 127. The summed E-state index contributed by atoms with van der Waals surface area (Å²) in [5.74, 6) is 0. The zero-order valence-electron chi connectivity index (χ0n) is 12.7. The highest BCUT2D eigenvalue weighted by molar-refractivity contribution is 7.99. The summed E-state index contributed by atoms with van der Waals surface area (Å²) in [7, 11) is 8.28. The molecule has 1 heterocycles. The summed E-state index contributed by atoms with van der Waals surface area (Å²) in [6.45, 7) is 0. The van der Waals surface area contributed by atoms with Crippen LogP contribution in [0.3, 0.4) is 0 Å². The summed E-state index contributed by atoms with van der Waals surface area (Å²) in [6, 6.07) is 13.1. The molecule has 2 aromatic rings. The third kappa shape index (κ3) is 3.23. The molecular formula is C16H21IN3S+. The fraction of sp³-hybridized carbons (Fsp3) is 0.250.